The average molecular weight is 286 g/mol. The van der Waals surface area contributed by atoms with Gasteiger partial charge < -0.3 is 5.11 Å². The van der Waals surface area contributed by atoms with Gasteiger partial charge in [-0.1, -0.05) is 23.9 Å². The summed E-state index contributed by atoms with van der Waals surface area (Å²) in [6.45, 7) is 1.85. The summed E-state index contributed by atoms with van der Waals surface area (Å²) in [6.07, 6.45) is 3.42. The van der Waals surface area contributed by atoms with E-state index < -0.39 is 5.97 Å². The molecule has 100 valence electrons. The van der Waals surface area contributed by atoms with Crippen molar-refractivity contribution >= 4 is 23.4 Å². The van der Waals surface area contributed by atoms with E-state index in [1.165, 1.54) is 11.8 Å². The topological polar surface area (TPSA) is 80.4 Å². The number of hydrogen-bond acceptors (Lipinski definition) is 5. The SMILES string of the molecule is Cc1nnc2c(Sc3ccccc3C(=O)O)nccn12. The predicted octanol–water partition coefficient (Wildman–Crippen LogP) is 2.28. The van der Waals surface area contributed by atoms with E-state index in [0.717, 1.165) is 5.82 Å². The average Bonchev–Trinajstić information content (AvgIpc) is 2.82. The maximum atomic E-state index is 11.2. The number of carboxylic acids is 1. The first-order chi connectivity index (χ1) is 9.66. The number of aromatic carboxylic acids is 1. The lowest BCUT2D eigenvalue weighted by molar-refractivity contribution is 0.0693. The molecule has 0 amide bonds. The van der Waals surface area contributed by atoms with Crippen LogP contribution in [0.3, 0.4) is 0 Å². The lowest BCUT2D eigenvalue weighted by Gasteiger charge is -2.05. The molecule has 0 saturated heterocycles. The van der Waals surface area contributed by atoms with Gasteiger partial charge in [0.2, 0.25) is 0 Å². The van der Waals surface area contributed by atoms with Crippen LogP contribution in [0.15, 0.2) is 46.6 Å². The molecular formula is C13H10N4O2S. The van der Waals surface area contributed by atoms with Crippen LogP contribution in [0.2, 0.25) is 0 Å². The lowest BCUT2D eigenvalue weighted by Crippen LogP contribution is -1.99. The molecule has 0 saturated carbocycles. The number of aromatic nitrogens is 4. The Labute approximate surface area is 118 Å². The van der Waals surface area contributed by atoms with Crippen LogP contribution >= 0.6 is 11.8 Å². The van der Waals surface area contributed by atoms with E-state index >= 15 is 0 Å². The first-order valence-corrected chi connectivity index (χ1v) is 6.65. The fourth-order valence-corrected chi connectivity index (χ4v) is 2.79. The molecule has 1 aromatic carbocycles. The lowest BCUT2D eigenvalue weighted by atomic mass is 10.2. The quantitative estimate of drug-likeness (QED) is 0.795. The standard InChI is InChI=1S/C13H10N4O2S/c1-8-15-16-11-12(14-6-7-17(8)11)20-10-5-3-2-4-9(10)13(18)19/h2-7H,1H3,(H,18,19). The van der Waals surface area contributed by atoms with E-state index in [-0.39, 0.29) is 5.56 Å². The van der Waals surface area contributed by atoms with Crippen LogP contribution in [0, 0.1) is 6.92 Å². The smallest absolute Gasteiger partial charge is 0.336 e. The Kier molecular flexibility index (Phi) is 3.11. The van der Waals surface area contributed by atoms with Gasteiger partial charge in [-0.2, -0.15) is 0 Å². The molecule has 7 heteroatoms. The molecule has 0 aliphatic rings. The third kappa shape index (κ3) is 2.12. The second kappa shape index (κ2) is 4.93. The van der Waals surface area contributed by atoms with Crippen molar-refractivity contribution in [2.45, 2.75) is 16.8 Å². The van der Waals surface area contributed by atoms with Crippen LogP contribution in [0.25, 0.3) is 5.65 Å². The number of carbonyl (C=O) groups is 1. The van der Waals surface area contributed by atoms with Gasteiger partial charge >= 0.3 is 5.97 Å². The molecule has 1 N–H and O–H groups in total. The van der Waals surface area contributed by atoms with Crippen molar-refractivity contribution in [2.75, 3.05) is 0 Å². The zero-order chi connectivity index (χ0) is 14.1. The molecule has 0 aliphatic carbocycles. The summed E-state index contributed by atoms with van der Waals surface area (Å²) < 4.78 is 1.82. The molecule has 0 aliphatic heterocycles. The van der Waals surface area contributed by atoms with Crippen LogP contribution in [-0.4, -0.2) is 30.7 Å². The summed E-state index contributed by atoms with van der Waals surface area (Å²) in [5.41, 5.74) is 0.868. The molecule has 6 nitrogen and oxygen atoms in total. The van der Waals surface area contributed by atoms with Gasteiger partial charge in [0.05, 0.1) is 5.56 Å². The molecule has 3 aromatic rings. The highest BCUT2D eigenvalue weighted by molar-refractivity contribution is 7.99. The highest BCUT2D eigenvalue weighted by Crippen LogP contribution is 2.31. The summed E-state index contributed by atoms with van der Waals surface area (Å²) in [6, 6.07) is 6.81. The summed E-state index contributed by atoms with van der Waals surface area (Å²) in [4.78, 5) is 16.1. The summed E-state index contributed by atoms with van der Waals surface area (Å²) in [7, 11) is 0. The number of aryl methyl sites for hydroxylation is 1. The molecule has 0 fully saturated rings. The van der Waals surface area contributed by atoms with Gasteiger partial charge in [0.15, 0.2) is 5.65 Å². The van der Waals surface area contributed by atoms with Gasteiger partial charge in [-0.3, -0.25) is 4.40 Å². The zero-order valence-electron chi connectivity index (χ0n) is 10.5. The van der Waals surface area contributed by atoms with Crippen molar-refractivity contribution in [3.63, 3.8) is 0 Å². The number of rotatable bonds is 3. The van der Waals surface area contributed by atoms with Gasteiger partial charge in [-0.15, -0.1) is 10.2 Å². The second-order valence-corrected chi connectivity index (χ2v) is 5.11. The van der Waals surface area contributed by atoms with Gasteiger partial charge in [0.25, 0.3) is 0 Å². The number of benzene rings is 1. The minimum atomic E-state index is -0.960. The number of nitrogens with zero attached hydrogens (tertiary/aromatic N) is 4. The largest absolute Gasteiger partial charge is 0.478 e. The summed E-state index contributed by atoms with van der Waals surface area (Å²) in [5.74, 6) is -0.200. The van der Waals surface area contributed by atoms with Gasteiger partial charge in [0.1, 0.15) is 10.9 Å². The minimum absolute atomic E-state index is 0.248. The van der Waals surface area contributed by atoms with Crippen molar-refractivity contribution in [1.82, 2.24) is 19.6 Å². The highest BCUT2D eigenvalue weighted by Gasteiger charge is 2.14. The minimum Gasteiger partial charge on any atom is -0.478 e. The Balaban J connectivity index is 2.08. The van der Waals surface area contributed by atoms with Gasteiger partial charge in [0, 0.05) is 17.3 Å². The van der Waals surface area contributed by atoms with E-state index in [1.807, 2.05) is 11.3 Å². The number of carboxylic acid groups (broad SMARTS) is 1. The van der Waals surface area contributed by atoms with Crippen molar-refractivity contribution in [3.05, 3.63) is 48.0 Å². The van der Waals surface area contributed by atoms with Crippen LogP contribution < -0.4 is 0 Å². The van der Waals surface area contributed by atoms with Crippen molar-refractivity contribution in [3.8, 4) is 0 Å². The van der Waals surface area contributed by atoms with E-state index in [2.05, 4.69) is 15.2 Å². The predicted molar refractivity (Wildman–Crippen MR) is 73.0 cm³/mol. The van der Waals surface area contributed by atoms with Crippen LogP contribution in [0.1, 0.15) is 16.2 Å². The van der Waals surface area contributed by atoms with E-state index in [1.54, 1.807) is 36.7 Å². The Morgan fingerprint density at radius 2 is 2.10 bits per heavy atom. The molecule has 20 heavy (non-hydrogen) atoms. The van der Waals surface area contributed by atoms with Crippen molar-refractivity contribution in [2.24, 2.45) is 0 Å². The fraction of sp³-hybridized carbons (Fsp3) is 0.0769. The van der Waals surface area contributed by atoms with E-state index in [9.17, 15) is 9.90 Å². The molecule has 0 radical (unpaired) electrons. The molecular weight excluding hydrogens is 276 g/mol. The number of fused-ring (bicyclic) bond motifs is 1. The summed E-state index contributed by atoms with van der Waals surface area (Å²) >= 11 is 1.27. The van der Waals surface area contributed by atoms with Crippen LogP contribution in [-0.2, 0) is 0 Å². The number of hydrogen-bond donors (Lipinski definition) is 1. The van der Waals surface area contributed by atoms with Gasteiger partial charge in [-0.25, -0.2) is 9.78 Å². The van der Waals surface area contributed by atoms with Crippen LogP contribution in [0.4, 0.5) is 0 Å². The monoisotopic (exact) mass is 286 g/mol. The fourth-order valence-electron chi connectivity index (χ4n) is 1.83. The molecule has 0 bridgehead atoms. The molecule has 0 spiro atoms. The zero-order valence-corrected chi connectivity index (χ0v) is 11.3. The molecule has 0 atom stereocenters. The third-order valence-corrected chi connectivity index (χ3v) is 3.85. The molecule has 2 aromatic heterocycles. The van der Waals surface area contributed by atoms with E-state index in [0.29, 0.717) is 15.6 Å². The maximum Gasteiger partial charge on any atom is 0.336 e. The second-order valence-electron chi connectivity index (χ2n) is 4.08. The normalized spacial score (nSPS) is 10.8. The maximum absolute atomic E-state index is 11.2. The molecule has 3 rings (SSSR count). The Hall–Kier alpha value is -2.41. The first-order valence-electron chi connectivity index (χ1n) is 5.83. The Bertz CT molecular complexity index is 800. The van der Waals surface area contributed by atoms with E-state index in [4.69, 9.17) is 0 Å². The van der Waals surface area contributed by atoms with Crippen LogP contribution in [0.5, 0.6) is 0 Å². The van der Waals surface area contributed by atoms with Gasteiger partial charge in [-0.05, 0) is 19.1 Å². The highest BCUT2D eigenvalue weighted by atomic mass is 32.2. The van der Waals surface area contributed by atoms with Crippen molar-refractivity contribution in [1.29, 1.82) is 0 Å². The third-order valence-electron chi connectivity index (χ3n) is 2.79. The summed E-state index contributed by atoms with van der Waals surface area (Å²) in [5, 5.41) is 17.9. The Morgan fingerprint density at radius 3 is 2.90 bits per heavy atom. The van der Waals surface area contributed by atoms with Crippen molar-refractivity contribution < 1.29 is 9.90 Å². The molecule has 0 unspecified atom stereocenters. The first kappa shape index (κ1) is 12.6. The Morgan fingerprint density at radius 1 is 1.30 bits per heavy atom. The molecule has 2 heterocycles.